The van der Waals surface area contributed by atoms with Crippen molar-refractivity contribution in [2.45, 2.75) is 12.5 Å². The number of nitrogens with one attached hydrogen (secondary N) is 2. The Labute approximate surface area is 150 Å². The number of hydrogen-bond donors (Lipinski definition) is 2. The van der Waals surface area contributed by atoms with Gasteiger partial charge in [0.15, 0.2) is 0 Å². The summed E-state index contributed by atoms with van der Waals surface area (Å²) < 4.78 is 0.695. The number of amides is 2. The van der Waals surface area contributed by atoms with Crippen LogP contribution < -0.4 is 10.6 Å². The second kappa shape index (κ2) is 9.03. The van der Waals surface area contributed by atoms with Gasteiger partial charge in [-0.25, -0.2) is 0 Å². The fourth-order valence-corrected chi connectivity index (χ4v) is 2.36. The summed E-state index contributed by atoms with van der Waals surface area (Å²) in [7, 11) is 0. The van der Waals surface area contributed by atoms with Crippen LogP contribution in [0.3, 0.4) is 0 Å². The fourth-order valence-electron chi connectivity index (χ4n) is 2.22. The molecule has 0 unspecified atom stereocenters. The minimum Gasteiger partial charge on any atom is -0.351 e. The molecule has 0 bridgehead atoms. The normalized spacial score (nSPS) is 11.4. The first-order valence-electron chi connectivity index (χ1n) is 7.57. The summed E-state index contributed by atoms with van der Waals surface area (Å²) in [6.45, 7) is 4.04. The van der Waals surface area contributed by atoms with Gasteiger partial charge >= 0.3 is 0 Å². The third kappa shape index (κ3) is 5.66. The molecule has 2 rings (SSSR count). The topological polar surface area (TPSA) is 58.2 Å². The molecule has 124 valence electrons. The zero-order valence-corrected chi connectivity index (χ0v) is 14.8. The Hall–Kier alpha value is -2.40. The highest BCUT2D eigenvalue weighted by atomic mass is 79.9. The number of carbonyl (C=O) groups excluding carboxylic acids is 2. The molecule has 0 saturated carbocycles. The van der Waals surface area contributed by atoms with Gasteiger partial charge in [0.1, 0.15) is 0 Å². The van der Waals surface area contributed by atoms with Gasteiger partial charge in [-0.3, -0.25) is 9.59 Å². The number of benzene rings is 2. The molecule has 4 nitrogen and oxygen atoms in total. The fraction of sp³-hybridized carbons (Fsp3) is 0.158. The molecule has 2 N–H and O–H groups in total. The zero-order chi connectivity index (χ0) is 17.4. The summed E-state index contributed by atoms with van der Waals surface area (Å²) in [6.07, 6.45) is 0.156. The highest BCUT2D eigenvalue weighted by molar-refractivity contribution is 9.11. The van der Waals surface area contributed by atoms with Crippen LogP contribution in [0.15, 0.2) is 71.7 Å². The van der Waals surface area contributed by atoms with Gasteiger partial charge < -0.3 is 10.6 Å². The Morgan fingerprint density at radius 3 is 2.17 bits per heavy atom. The van der Waals surface area contributed by atoms with E-state index in [4.69, 9.17) is 0 Å². The molecule has 2 amide bonds. The summed E-state index contributed by atoms with van der Waals surface area (Å²) in [5.74, 6) is -0.361. The van der Waals surface area contributed by atoms with Gasteiger partial charge in [0.25, 0.3) is 5.91 Å². The molecule has 0 heterocycles. The molecule has 0 radical (unpaired) electrons. The van der Waals surface area contributed by atoms with E-state index in [1.807, 2.05) is 36.4 Å². The highest BCUT2D eigenvalue weighted by Crippen LogP contribution is 2.17. The third-order valence-corrected chi connectivity index (χ3v) is 3.69. The molecule has 0 saturated heterocycles. The predicted octanol–water partition coefficient (Wildman–Crippen LogP) is 3.57. The molecule has 0 aliphatic rings. The minimum atomic E-state index is -0.400. The monoisotopic (exact) mass is 386 g/mol. The van der Waals surface area contributed by atoms with Gasteiger partial charge in [-0.15, -0.1) is 0 Å². The lowest BCUT2D eigenvalue weighted by Gasteiger charge is -2.19. The Bertz CT molecular complexity index is 702. The summed E-state index contributed by atoms with van der Waals surface area (Å²) in [6, 6.07) is 18.0. The number of rotatable bonds is 7. The van der Waals surface area contributed by atoms with Crippen LogP contribution in [0.1, 0.15) is 28.4 Å². The molecule has 0 aliphatic carbocycles. The molecule has 0 spiro atoms. The third-order valence-electron chi connectivity index (χ3n) is 3.41. The smallest absolute Gasteiger partial charge is 0.251 e. The van der Waals surface area contributed by atoms with Crippen molar-refractivity contribution < 1.29 is 9.59 Å². The maximum Gasteiger partial charge on any atom is 0.251 e. The van der Waals surface area contributed by atoms with Crippen molar-refractivity contribution in [2.24, 2.45) is 0 Å². The molecule has 0 fully saturated rings. The zero-order valence-electron chi connectivity index (χ0n) is 13.2. The van der Waals surface area contributed by atoms with E-state index >= 15 is 0 Å². The molecule has 24 heavy (non-hydrogen) atoms. The lowest BCUT2D eigenvalue weighted by atomic mass is 10.0. The Morgan fingerprint density at radius 2 is 1.58 bits per heavy atom. The van der Waals surface area contributed by atoms with E-state index in [-0.39, 0.29) is 18.2 Å². The van der Waals surface area contributed by atoms with E-state index in [0.29, 0.717) is 16.6 Å². The predicted molar refractivity (Wildman–Crippen MR) is 98.8 cm³/mol. The average molecular weight is 387 g/mol. The van der Waals surface area contributed by atoms with Gasteiger partial charge in [0.2, 0.25) is 5.91 Å². The quantitative estimate of drug-likeness (QED) is 0.763. The minimum absolute atomic E-state index is 0.155. The van der Waals surface area contributed by atoms with E-state index in [0.717, 1.165) is 5.56 Å². The molecular formula is C19H19BrN2O2. The van der Waals surface area contributed by atoms with Crippen LogP contribution in [-0.2, 0) is 4.79 Å². The molecule has 0 aromatic heterocycles. The lowest BCUT2D eigenvalue weighted by molar-refractivity contribution is -0.121. The van der Waals surface area contributed by atoms with Crippen LogP contribution in [0.2, 0.25) is 0 Å². The van der Waals surface area contributed by atoms with Crippen LogP contribution in [-0.4, -0.2) is 18.4 Å². The van der Waals surface area contributed by atoms with Gasteiger partial charge in [-0.05, 0) is 17.7 Å². The van der Waals surface area contributed by atoms with Gasteiger partial charge in [-0.2, -0.15) is 0 Å². The molecule has 5 heteroatoms. The van der Waals surface area contributed by atoms with E-state index in [2.05, 4.69) is 33.1 Å². The van der Waals surface area contributed by atoms with Crippen molar-refractivity contribution in [3.05, 3.63) is 82.9 Å². The number of halogens is 1. The van der Waals surface area contributed by atoms with Crippen molar-refractivity contribution in [1.29, 1.82) is 0 Å². The van der Waals surface area contributed by atoms with E-state index in [1.54, 1.807) is 24.3 Å². The van der Waals surface area contributed by atoms with Crippen LogP contribution >= 0.6 is 15.9 Å². The van der Waals surface area contributed by atoms with Crippen molar-refractivity contribution in [3.8, 4) is 0 Å². The van der Waals surface area contributed by atoms with Crippen LogP contribution in [0, 0.1) is 0 Å². The van der Waals surface area contributed by atoms with E-state index < -0.39 is 6.04 Å². The largest absolute Gasteiger partial charge is 0.351 e. The first-order chi connectivity index (χ1) is 11.6. The molecule has 2 aromatic rings. The second-order valence-electron chi connectivity index (χ2n) is 5.30. The van der Waals surface area contributed by atoms with Crippen LogP contribution in [0.5, 0.6) is 0 Å². The first kappa shape index (κ1) is 17.9. The van der Waals surface area contributed by atoms with E-state index in [1.165, 1.54) is 0 Å². The Kier molecular flexibility index (Phi) is 6.75. The van der Waals surface area contributed by atoms with Gasteiger partial charge in [0, 0.05) is 16.6 Å². The van der Waals surface area contributed by atoms with Crippen molar-refractivity contribution >= 4 is 27.7 Å². The first-order valence-corrected chi connectivity index (χ1v) is 8.36. The van der Waals surface area contributed by atoms with Crippen LogP contribution in [0.4, 0.5) is 0 Å². The maximum atomic E-state index is 12.4. The maximum absolute atomic E-state index is 12.4. The molecule has 0 aliphatic heterocycles. The summed E-state index contributed by atoms with van der Waals surface area (Å²) in [5, 5.41) is 5.69. The number of hydrogen-bond acceptors (Lipinski definition) is 2. The molecular weight excluding hydrogens is 368 g/mol. The Morgan fingerprint density at radius 1 is 1.00 bits per heavy atom. The van der Waals surface area contributed by atoms with Crippen molar-refractivity contribution in [2.75, 3.05) is 6.54 Å². The molecule has 2 aromatic carbocycles. The number of carbonyl (C=O) groups is 2. The highest BCUT2D eigenvalue weighted by Gasteiger charge is 2.19. The summed E-state index contributed by atoms with van der Waals surface area (Å²) in [5.41, 5.74) is 1.45. The van der Waals surface area contributed by atoms with Crippen LogP contribution in [0.25, 0.3) is 0 Å². The van der Waals surface area contributed by atoms with Crippen molar-refractivity contribution in [1.82, 2.24) is 10.6 Å². The Balaban J connectivity index is 2.10. The SMILES string of the molecule is C=C(Br)CNC(=O)C[C@H](NC(=O)c1ccccc1)c1ccccc1. The molecule has 1 atom stereocenters. The summed E-state index contributed by atoms with van der Waals surface area (Å²) in [4.78, 5) is 24.5. The van der Waals surface area contributed by atoms with E-state index in [9.17, 15) is 9.59 Å². The standard InChI is InChI=1S/C19H19BrN2O2/c1-14(20)13-21-18(23)12-17(15-8-4-2-5-9-15)22-19(24)16-10-6-3-7-11-16/h2-11,17H,1,12-13H2,(H,21,23)(H,22,24)/t17-/m0/s1. The lowest BCUT2D eigenvalue weighted by Crippen LogP contribution is -2.34. The second-order valence-corrected chi connectivity index (χ2v) is 6.42. The summed E-state index contributed by atoms with van der Waals surface area (Å²) >= 11 is 3.21. The van der Waals surface area contributed by atoms with Gasteiger partial charge in [-0.1, -0.05) is 71.0 Å². The average Bonchev–Trinajstić information content (AvgIpc) is 2.61. The van der Waals surface area contributed by atoms with Crippen molar-refractivity contribution in [3.63, 3.8) is 0 Å². The van der Waals surface area contributed by atoms with Gasteiger partial charge in [0.05, 0.1) is 12.5 Å².